The number of nitrogens with one attached hydrogen (secondary N) is 1. The van der Waals surface area contributed by atoms with Gasteiger partial charge in [0.15, 0.2) is 7.28 Å². The maximum atomic E-state index is 12.0. The van der Waals surface area contributed by atoms with Gasteiger partial charge in [-0.2, -0.15) is 0 Å². The van der Waals surface area contributed by atoms with Gasteiger partial charge in [0.2, 0.25) is 5.91 Å². The molecule has 2 aromatic rings. The summed E-state index contributed by atoms with van der Waals surface area (Å²) in [6.07, 6.45) is 2.20. The van der Waals surface area contributed by atoms with Gasteiger partial charge in [-0.15, -0.1) is 0 Å². The molecule has 118 valence electrons. The molecule has 0 aliphatic heterocycles. The number of amides is 1. The van der Waals surface area contributed by atoms with Crippen LogP contribution in [0.4, 0.5) is 0 Å². The molecule has 2 aromatic carbocycles. The molecule has 0 unspecified atom stereocenters. The summed E-state index contributed by atoms with van der Waals surface area (Å²) in [5.41, 5.74) is 4.77. The van der Waals surface area contributed by atoms with Gasteiger partial charge < -0.3 is 5.32 Å². The fourth-order valence-electron chi connectivity index (χ4n) is 2.50. The van der Waals surface area contributed by atoms with Crippen LogP contribution in [-0.4, -0.2) is 13.2 Å². The third kappa shape index (κ3) is 6.15. The van der Waals surface area contributed by atoms with Gasteiger partial charge in [-0.1, -0.05) is 79.0 Å². The van der Waals surface area contributed by atoms with Crippen molar-refractivity contribution in [3.63, 3.8) is 0 Å². The Kier molecular flexibility index (Phi) is 6.67. The lowest BCUT2D eigenvalue weighted by Crippen LogP contribution is -2.22. The van der Waals surface area contributed by atoms with E-state index in [0.717, 1.165) is 31.3 Å². The number of aryl methyl sites for hydroxylation is 1. The van der Waals surface area contributed by atoms with Crippen molar-refractivity contribution in [3.05, 3.63) is 77.9 Å². The van der Waals surface area contributed by atoms with Crippen LogP contribution in [0.3, 0.4) is 0 Å². The molecular weight excluding hydrogens is 281 g/mol. The largest absolute Gasteiger partial charge is 0.352 e. The molecular formula is C20H24BNO. The Balaban J connectivity index is 1.72. The predicted octanol–water partition coefficient (Wildman–Crippen LogP) is 2.99. The van der Waals surface area contributed by atoms with Gasteiger partial charge >= 0.3 is 0 Å². The Morgan fingerprint density at radius 2 is 1.83 bits per heavy atom. The average Bonchev–Trinajstić information content (AvgIpc) is 2.59. The van der Waals surface area contributed by atoms with Gasteiger partial charge in [-0.3, -0.25) is 4.79 Å². The highest BCUT2D eigenvalue weighted by Crippen LogP contribution is 2.10. The molecule has 0 heterocycles. The zero-order chi connectivity index (χ0) is 16.5. The molecule has 0 saturated carbocycles. The SMILES string of the molecule is C=C(CCc1cccc(BC)c1)CC(=O)NCc1ccccc1. The van der Waals surface area contributed by atoms with E-state index in [1.165, 1.54) is 11.0 Å². The third-order valence-corrected chi connectivity index (χ3v) is 3.91. The fraction of sp³-hybridized carbons (Fsp3) is 0.250. The van der Waals surface area contributed by atoms with Crippen LogP contribution >= 0.6 is 0 Å². The molecule has 23 heavy (non-hydrogen) atoms. The number of carbonyl (C=O) groups excluding carboxylic acids is 1. The minimum absolute atomic E-state index is 0.0427. The van der Waals surface area contributed by atoms with Crippen molar-refractivity contribution < 1.29 is 4.79 Å². The number of hydrogen-bond donors (Lipinski definition) is 1. The van der Waals surface area contributed by atoms with Crippen molar-refractivity contribution in [1.82, 2.24) is 5.32 Å². The number of rotatable bonds is 8. The van der Waals surface area contributed by atoms with Gasteiger partial charge in [0.25, 0.3) is 0 Å². The molecule has 1 amide bonds. The number of hydrogen-bond acceptors (Lipinski definition) is 1. The van der Waals surface area contributed by atoms with Crippen molar-refractivity contribution >= 4 is 18.6 Å². The summed E-state index contributed by atoms with van der Waals surface area (Å²) in [7, 11) is 1.05. The predicted molar refractivity (Wildman–Crippen MR) is 99.5 cm³/mol. The van der Waals surface area contributed by atoms with Crippen molar-refractivity contribution in [3.8, 4) is 0 Å². The first-order valence-corrected chi connectivity index (χ1v) is 8.22. The summed E-state index contributed by atoms with van der Waals surface area (Å²) in [6, 6.07) is 18.6. The van der Waals surface area contributed by atoms with Gasteiger partial charge in [0.1, 0.15) is 0 Å². The van der Waals surface area contributed by atoms with Crippen LogP contribution in [0.5, 0.6) is 0 Å². The average molecular weight is 305 g/mol. The molecule has 1 N–H and O–H groups in total. The first-order chi connectivity index (χ1) is 11.2. The van der Waals surface area contributed by atoms with E-state index in [9.17, 15) is 4.79 Å². The van der Waals surface area contributed by atoms with E-state index in [0.29, 0.717) is 13.0 Å². The van der Waals surface area contributed by atoms with Gasteiger partial charge in [0.05, 0.1) is 0 Å². The Hall–Kier alpha value is -2.29. The Bertz CT molecular complexity index is 652. The first-order valence-electron chi connectivity index (χ1n) is 8.22. The molecule has 0 aromatic heterocycles. The molecule has 3 heteroatoms. The van der Waals surface area contributed by atoms with Crippen LogP contribution < -0.4 is 10.8 Å². The molecule has 0 aliphatic carbocycles. The van der Waals surface area contributed by atoms with E-state index >= 15 is 0 Å². The Morgan fingerprint density at radius 3 is 2.57 bits per heavy atom. The summed E-state index contributed by atoms with van der Waals surface area (Å²) >= 11 is 0. The van der Waals surface area contributed by atoms with E-state index in [-0.39, 0.29) is 5.91 Å². The van der Waals surface area contributed by atoms with Crippen LogP contribution in [0.15, 0.2) is 66.7 Å². The van der Waals surface area contributed by atoms with Crippen molar-refractivity contribution in [1.29, 1.82) is 0 Å². The summed E-state index contributed by atoms with van der Waals surface area (Å²) < 4.78 is 0. The molecule has 0 fully saturated rings. The lowest BCUT2D eigenvalue weighted by atomic mass is 9.73. The molecule has 0 radical (unpaired) electrons. The van der Waals surface area contributed by atoms with E-state index in [1.807, 2.05) is 30.3 Å². The second-order valence-electron chi connectivity index (χ2n) is 5.86. The molecule has 2 rings (SSSR count). The van der Waals surface area contributed by atoms with Gasteiger partial charge in [-0.05, 0) is 24.0 Å². The van der Waals surface area contributed by atoms with Crippen molar-refractivity contribution in [2.75, 3.05) is 0 Å². The number of carbonyl (C=O) groups is 1. The highest BCUT2D eigenvalue weighted by atomic mass is 16.1. The van der Waals surface area contributed by atoms with E-state index < -0.39 is 0 Å². The van der Waals surface area contributed by atoms with Crippen LogP contribution in [0.2, 0.25) is 6.82 Å². The van der Waals surface area contributed by atoms with Crippen LogP contribution in [-0.2, 0) is 17.8 Å². The fourth-order valence-corrected chi connectivity index (χ4v) is 2.50. The zero-order valence-corrected chi connectivity index (χ0v) is 13.8. The molecule has 0 aliphatic rings. The highest BCUT2D eigenvalue weighted by molar-refractivity contribution is 6.51. The van der Waals surface area contributed by atoms with E-state index in [4.69, 9.17) is 0 Å². The van der Waals surface area contributed by atoms with Gasteiger partial charge in [-0.25, -0.2) is 0 Å². The van der Waals surface area contributed by atoms with Gasteiger partial charge in [0, 0.05) is 13.0 Å². The van der Waals surface area contributed by atoms with Crippen LogP contribution in [0.1, 0.15) is 24.0 Å². The minimum atomic E-state index is 0.0427. The van der Waals surface area contributed by atoms with Crippen LogP contribution in [0, 0.1) is 0 Å². The number of benzene rings is 2. The molecule has 0 spiro atoms. The smallest absolute Gasteiger partial charge is 0.224 e. The van der Waals surface area contributed by atoms with Crippen molar-refractivity contribution in [2.24, 2.45) is 0 Å². The normalized spacial score (nSPS) is 10.1. The minimum Gasteiger partial charge on any atom is -0.352 e. The van der Waals surface area contributed by atoms with E-state index in [2.05, 4.69) is 43.0 Å². The lowest BCUT2D eigenvalue weighted by molar-refractivity contribution is -0.120. The Labute approximate surface area is 139 Å². The maximum Gasteiger partial charge on any atom is 0.224 e. The zero-order valence-electron chi connectivity index (χ0n) is 13.8. The Morgan fingerprint density at radius 1 is 1.09 bits per heavy atom. The topological polar surface area (TPSA) is 29.1 Å². The maximum absolute atomic E-state index is 12.0. The first kappa shape index (κ1) is 17.1. The summed E-state index contributed by atoms with van der Waals surface area (Å²) in [4.78, 5) is 12.0. The monoisotopic (exact) mass is 305 g/mol. The second-order valence-corrected chi connectivity index (χ2v) is 5.86. The molecule has 2 nitrogen and oxygen atoms in total. The molecule has 0 atom stereocenters. The lowest BCUT2D eigenvalue weighted by Gasteiger charge is -2.08. The summed E-state index contributed by atoms with van der Waals surface area (Å²) in [5, 5.41) is 2.95. The summed E-state index contributed by atoms with van der Waals surface area (Å²) in [5.74, 6) is 0.0427. The van der Waals surface area contributed by atoms with Crippen molar-refractivity contribution in [2.45, 2.75) is 32.6 Å². The molecule has 0 saturated heterocycles. The molecule has 0 bridgehead atoms. The second kappa shape index (κ2) is 8.99. The third-order valence-electron chi connectivity index (χ3n) is 3.91. The highest BCUT2D eigenvalue weighted by Gasteiger charge is 2.05. The quantitative estimate of drug-likeness (QED) is 0.589. The summed E-state index contributed by atoms with van der Waals surface area (Å²) in [6.45, 7) is 6.78. The standard InChI is InChI=1S/C20H24BNO/c1-16(11-12-17-9-6-10-19(14-17)21-2)13-20(23)22-15-18-7-4-3-5-8-18/h3-10,14,21H,1,11-13,15H2,2H3,(H,22,23). The van der Waals surface area contributed by atoms with E-state index in [1.54, 1.807) is 0 Å². The van der Waals surface area contributed by atoms with Crippen LogP contribution in [0.25, 0.3) is 0 Å².